The van der Waals surface area contributed by atoms with Crippen molar-refractivity contribution in [1.29, 1.82) is 0 Å². The molecule has 5 aromatic rings. The van der Waals surface area contributed by atoms with Gasteiger partial charge in [-0.1, -0.05) is 12.1 Å². The number of methoxy groups -OCH3 is 2. The van der Waals surface area contributed by atoms with Crippen LogP contribution in [-0.4, -0.2) is 34.5 Å². The van der Waals surface area contributed by atoms with Gasteiger partial charge in [-0.25, -0.2) is 4.39 Å². The Kier molecular flexibility index (Phi) is 7.78. The lowest BCUT2D eigenvalue weighted by Crippen LogP contribution is -2.25. The van der Waals surface area contributed by atoms with Gasteiger partial charge in [0, 0.05) is 46.7 Å². The largest absolute Gasteiger partial charge is 0.493 e. The van der Waals surface area contributed by atoms with Gasteiger partial charge in [-0.3, -0.25) is 19.6 Å². The summed E-state index contributed by atoms with van der Waals surface area (Å²) in [7, 11) is 3.12. The molecule has 9 heteroatoms. The number of hydrogen-bond acceptors (Lipinski definition) is 7. The summed E-state index contributed by atoms with van der Waals surface area (Å²) in [6.45, 7) is 3.73. The molecule has 0 aliphatic carbocycles. The quantitative estimate of drug-likeness (QED) is 0.195. The summed E-state index contributed by atoms with van der Waals surface area (Å²) in [5.41, 5.74) is 2.21. The van der Waals surface area contributed by atoms with Crippen molar-refractivity contribution in [1.82, 2.24) is 14.5 Å². The number of fused-ring (bicyclic) bond motifs is 1. The standard InChI is InChI=1S/C32H28FN3O5/c1-19(2)36-18-21(13-25(32(36)38)20-5-7-22(33)8-6-20)28(37)14-23-9-10-24(17-35-23)41-29-11-12-34-27-16-31(40-4)30(39-3)15-26(27)29/h5-13,15-19H,14H2,1-4H3. The second-order valence-electron chi connectivity index (χ2n) is 9.68. The summed E-state index contributed by atoms with van der Waals surface area (Å²) >= 11 is 0. The number of carbonyl (C=O) groups excluding carboxylic acids is 1. The summed E-state index contributed by atoms with van der Waals surface area (Å²) in [4.78, 5) is 35.2. The molecule has 0 N–H and O–H groups in total. The second-order valence-corrected chi connectivity index (χ2v) is 9.68. The Labute approximate surface area is 236 Å². The highest BCUT2D eigenvalue weighted by Crippen LogP contribution is 2.36. The number of aromatic nitrogens is 3. The second kappa shape index (κ2) is 11.6. The van der Waals surface area contributed by atoms with E-state index in [1.54, 1.807) is 69.2 Å². The van der Waals surface area contributed by atoms with Crippen molar-refractivity contribution in [2.24, 2.45) is 0 Å². The van der Waals surface area contributed by atoms with Gasteiger partial charge in [0.15, 0.2) is 17.3 Å². The monoisotopic (exact) mass is 553 g/mol. The fourth-order valence-electron chi connectivity index (χ4n) is 4.48. The third-order valence-electron chi connectivity index (χ3n) is 6.65. The van der Waals surface area contributed by atoms with E-state index >= 15 is 0 Å². The van der Waals surface area contributed by atoms with Crippen LogP contribution in [0.2, 0.25) is 0 Å². The Morgan fingerprint density at radius 1 is 0.927 bits per heavy atom. The van der Waals surface area contributed by atoms with E-state index < -0.39 is 5.82 Å². The first-order valence-electron chi connectivity index (χ1n) is 13.0. The zero-order chi connectivity index (χ0) is 29.1. The van der Waals surface area contributed by atoms with Crippen molar-refractivity contribution >= 4 is 16.7 Å². The molecule has 0 saturated carbocycles. The maximum Gasteiger partial charge on any atom is 0.258 e. The average molecular weight is 554 g/mol. The first-order valence-corrected chi connectivity index (χ1v) is 13.0. The highest BCUT2D eigenvalue weighted by molar-refractivity contribution is 5.98. The van der Waals surface area contributed by atoms with Crippen LogP contribution in [0.5, 0.6) is 23.0 Å². The Morgan fingerprint density at radius 2 is 1.66 bits per heavy atom. The van der Waals surface area contributed by atoms with Gasteiger partial charge in [0.05, 0.1) is 32.4 Å². The van der Waals surface area contributed by atoms with Crippen LogP contribution in [0.1, 0.15) is 35.9 Å². The molecule has 3 heterocycles. The number of pyridine rings is 3. The van der Waals surface area contributed by atoms with E-state index in [9.17, 15) is 14.0 Å². The molecule has 0 bridgehead atoms. The molecule has 0 unspecified atom stereocenters. The predicted molar refractivity (Wildman–Crippen MR) is 154 cm³/mol. The van der Waals surface area contributed by atoms with Gasteiger partial charge in [0.25, 0.3) is 5.56 Å². The lowest BCUT2D eigenvalue weighted by molar-refractivity contribution is 0.0991. The molecule has 0 fully saturated rings. The highest BCUT2D eigenvalue weighted by Gasteiger charge is 2.17. The molecule has 0 aliphatic rings. The molecule has 5 rings (SSSR count). The predicted octanol–water partition coefficient (Wildman–Crippen LogP) is 6.41. The van der Waals surface area contributed by atoms with E-state index in [0.717, 1.165) is 5.39 Å². The number of halogens is 1. The molecule has 0 atom stereocenters. The summed E-state index contributed by atoms with van der Waals surface area (Å²) < 4.78 is 31.9. The zero-order valence-electron chi connectivity index (χ0n) is 23.1. The van der Waals surface area contributed by atoms with Gasteiger partial charge < -0.3 is 18.8 Å². The van der Waals surface area contributed by atoms with Crippen LogP contribution in [0.3, 0.4) is 0 Å². The summed E-state index contributed by atoms with van der Waals surface area (Å²) in [6.07, 6.45) is 4.78. The van der Waals surface area contributed by atoms with E-state index in [2.05, 4.69) is 9.97 Å². The molecule has 0 saturated heterocycles. The van der Waals surface area contributed by atoms with Gasteiger partial charge >= 0.3 is 0 Å². The van der Waals surface area contributed by atoms with Crippen molar-refractivity contribution in [2.45, 2.75) is 26.3 Å². The Balaban J connectivity index is 1.38. The molecule has 0 aliphatic heterocycles. The van der Waals surface area contributed by atoms with Gasteiger partial charge in [0.2, 0.25) is 0 Å². The summed E-state index contributed by atoms with van der Waals surface area (Å²) in [5, 5.41) is 0.738. The van der Waals surface area contributed by atoms with Crippen LogP contribution in [-0.2, 0) is 6.42 Å². The van der Waals surface area contributed by atoms with Gasteiger partial charge in [-0.15, -0.1) is 0 Å². The van der Waals surface area contributed by atoms with Crippen molar-refractivity contribution in [3.05, 3.63) is 107 Å². The minimum absolute atomic E-state index is 0.0224. The Bertz CT molecular complexity index is 1780. The van der Waals surface area contributed by atoms with E-state index in [4.69, 9.17) is 14.2 Å². The molecular weight excluding hydrogens is 525 g/mol. The maximum absolute atomic E-state index is 13.5. The molecule has 0 radical (unpaired) electrons. The number of benzene rings is 2. The number of ether oxygens (including phenoxy) is 3. The first kappa shape index (κ1) is 27.5. The third-order valence-corrected chi connectivity index (χ3v) is 6.65. The summed E-state index contributed by atoms with van der Waals surface area (Å²) in [5.74, 6) is 1.55. The molecule has 0 amide bonds. The van der Waals surface area contributed by atoms with Gasteiger partial charge in [-0.05, 0) is 61.9 Å². The van der Waals surface area contributed by atoms with Gasteiger partial charge in [0.1, 0.15) is 17.3 Å². The van der Waals surface area contributed by atoms with Crippen LogP contribution in [0, 0.1) is 5.82 Å². The van der Waals surface area contributed by atoms with Crippen LogP contribution in [0.25, 0.3) is 22.0 Å². The minimum Gasteiger partial charge on any atom is -0.493 e. The maximum atomic E-state index is 13.5. The number of hydrogen-bond donors (Lipinski definition) is 0. The minimum atomic E-state index is -0.402. The zero-order valence-corrected chi connectivity index (χ0v) is 23.1. The van der Waals surface area contributed by atoms with Crippen LogP contribution >= 0.6 is 0 Å². The lowest BCUT2D eigenvalue weighted by atomic mass is 10.0. The normalized spacial score (nSPS) is 11.1. The van der Waals surface area contributed by atoms with E-state index in [1.165, 1.54) is 28.8 Å². The fraction of sp³-hybridized carbons (Fsp3) is 0.188. The molecular formula is C32H28FN3O5. The number of nitrogens with zero attached hydrogens (tertiary/aromatic N) is 3. The number of Topliss-reactive ketones (excluding diaryl/α,β-unsaturated/α-hetero) is 1. The van der Waals surface area contributed by atoms with Crippen molar-refractivity contribution < 1.29 is 23.4 Å². The highest BCUT2D eigenvalue weighted by atomic mass is 19.1. The molecule has 2 aromatic carbocycles. The van der Waals surface area contributed by atoms with Crippen molar-refractivity contribution in [3.8, 4) is 34.1 Å². The van der Waals surface area contributed by atoms with Gasteiger partial charge in [-0.2, -0.15) is 0 Å². The van der Waals surface area contributed by atoms with E-state index in [1.807, 2.05) is 13.8 Å². The average Bonchev–Trinajstić information content (AvgIpc) is 2.98. The van der Waals surface area contributed by atoms with E-state index in [0.29, 0.717) is 50.9 Å². The molecule has 3 aromatic heterocycles. The molecule has 8 nitrogen and oxygen atoms in total. The third kappa shape index (κ3) is 5.79. The lowest BCUT2D eigenvalue weighted by Gasteiger charge is -2.15. The van der Waals surface area contributed by atoms with Crippen LogP contribution < -0.4 is 19.8 Å². The van der Waals surface area contributed by atoms with Crippen molar-refractivity contribution in [3.63, 3.8) is 0 Å². The number of rotatable bonds is 9. The van der Waals surface area contributed by atoms with Crippen LogP contribution in [0.15, 0.2) is 84.0 Å². The Morgan fingerprint density at radius 3 is 2.32 bits per heavy atom. The summed E-state index contributed by atoms with van der Waals surface area (Å²) in [6, 6.07) is 15.8. The number of carbonyl (C=O) groups is 1. The molecule has 41 heavy (non-hydrogen) atoms. The smallest absolute Gasteiger partial charge is 0.258 e. The number of ketones is 1. The first-order chi connectivity index (χ1) is 19.8. The molecule has 208 valence electrons. The molecule has 0 spiro atoms. The van der Waals surface area contributed by atoms with Crippen molar-refractivity contribution in [2.75, 3.05) is 14.2 Å². The fourth-order valence-corrected chi connectivity index (χ4v) is 4.48. The SMILES string of the molecule is COc1cc2nccc(Oc3ccc(CC(=O)c4cc(-c5ccc(F)cc5)c(=O)n(C(C)C)c4)nc3)c2cc1OC. The topological polar surface area (TPSA) is 92.5 Å². The van der Waals surface area contributed by atoms with E-state index in [-0.39, 0.29) is 23.8 Å². The van der Waals surface area contributed by atoms with Crippen LogP contribution in [0.4, 0.5) is 4.39 Å². The Hall–Kier alpha value is -5.05.